The molecule has 2 atom stereocenters. The van der Waals surface area contributed by atoms with Crippen molar-refractivity contribution in [2.45, 2.75) is 18.5 Å². The lowest BCUT2D eigenvalue weighted by Crippen LogP contribution is -2.41. The normalized spacial score (nSPS) is 20.7. The maximum atomic E-state index is 12.1. The standard InChI is InChI=1S/C17H18N4O2/c22-14-8-4-5-12(9-14)11-18-21-17(23)16-10-15(19-20-16)13-6-2-1-3-7-13/h1-9,11,15-16,19-20,22H,10H2,(H,21,23)/b18-11+. The van der Waals surface area contributed by atoms with Crippen molar-refractivity contribution in [2.24, 2.45) is 5.10 Å². The van der Waals surface area contributed by atoms with Crippen LogP contribution in [0, 0.1) is 0 Å². The SMILES string of the molecule is O=C(N/N=C/c1cccc(O)c1)C1CC(c2ccccc2)NN1. The number of carbonyl (C=O) groups excluding carboxylic acids is 1. The van der Waals surface area contributed by atoms with E-state index in [1.807, 2.05) is 30.3 Å². The lowest BCUT2D eigenvalue weighted by molar-refractivity contribution is -0.122. The van der Waals surface area contributed by atoms with Crippen molar-refractivity contribution in [1.82, 2.24) is 16.3 Å². The molecule has 2 unspecified atom stereocenters. The van der Waals surface area contributed by atoms with E-state index in [-0.39, 0.29) is 23.7 Å². The van der Waals surface area contributed by atoms with Crippen LogP contribution < -0.4 is 16.3 Å². The van der Waals surface area contributed by atoms with Gasteiger partial charge in [-0.15, -0.1) is 0 Å². The number of benzene rings is 2. The zero-order chi connectivity index (χ0) is 16.1. The van der Waals surface area contributed by atoms with Crippen LogP contribution in [-0.4, -0.2) is 23.3 Å². The smallest absolute Gasteiger partial charge is 0.258 e. The summed E-state index contributed by atoms with van der Waals surface area (Å²) in [6.07, 6.45) is 2.15. The molecule has 0 aliphatic carbocycles. The first-order chi connectivity index (χ1) is 11.2. The predicted molar refractivity (Wildman–Crippen MR) is 87.7 cm³/mol. The number of hydrazine groups is 1. The van der Waals surface area contributed by atoms with E-state index in [1.54, 1.807) is 24.3 Å². The minimum absolute atomic E-state index is 0.0991. The zero-order valence-corrected chi connectivity index (χ0v) is 12.4. The second kappa shape index (κ2) is 7.04. The number of hydrogen-bond donors (Lipinski definition) is 4. The Bertz CT molecular complexity index is 703. The minimum atomic E-state index is -0.346. The highest BCUT2D eigenvalue weighted by molar-refractivity contribution is 5.85. The molecule has 1 saturated heterocycles. The lowest BCUT2D eigenvalue weighted by Gasteiger charge is -2.08. The molecule has 0 spiro atoms. The summed E-state index contributed by atoms with van der Waals surface area (Å²) in [4.78, 5) is 12.1. The maximum Gasteiger partial charge on any atom is 0.258 e. The summed E-state index contributed by atoms with van der Waals surface area (Å²) in [5.74, 6) is -0.0417. The van der Waals surface area contributed by atoms with E-state index in [0.29, 0.717) is 12.0 Å². The summed E-state index contributed by atoms with van der Waals surface area (Å²) in [6, 6.07) is 16.4. The van der Waals surface area contributed by atoms with Crippen LogP contribution in [0.1, 0.15) is 23.6 Å². The largest absolute Gasteiger partial charge is 0.508 e. The van der Waals surface area contributed by atoms with Gasteiger partial charge in [0.15, 0.2) is 0 Å². The molecule has 6 nitrogen and oxygen atoms in total. The van der Waals surface area contributed by atoms with Gasteiger partial charge in [0, 0.05) is 6.04 Å². The van der Waals surface area contributed by atoms with Crippen molar-refractivity contribution in [3.63, 3.8) is 0 Å². The van der Waals surface area contributed by atoms with Gasteiger partial charge in [0.2, 0.25) is 0 Å². The zero-order valence-electron chi connectivity index (χ0n) is 12.4. The van der Waals surface area contributed by atoms with Crippen LogP contribution in [-0.2, 0) is 4.79 Å². The van der Waals surface area contributed by atoms with Crippen molar-refractivity contribution >= 4 is 12.1 Å². The van der Waals surface area contributed by atoms with Crippen LogP contribution in [0.2, 0.25) is 0 Å². The van der Waals surface area contributed by atoms with Crippen molar-refractivity contribution in [3.05, 3.63) is 65.7 Å². The summed E-state index contributed by atoms with van der Waals surface area (Å²) in [6.45, 7) is 0. The van der Waals surface area contributed by atoms with Crippen molar-refractivity contribution in [3.8, 4) is 5.75 Å². The number of nitrogens with one attached hydrogen (secondary N) is 3. The van der Waals surface area contributed by atoms with Crippen molar-refractivity contribution in [1.29, 1.82) is 0 Å². The first kappa shape index (κ1) is 15.2. The molecule has 6 heteroatoms. The van der Waals surface area contributed by atoms with Gasteiger partial charge in [-0.3, -0.25) is 4.79 Å². The van der Waals surface area contributed by atoms with E-state index in [9.17, 15) is 9.90 Å². The Morgan fingerprint density at radius 3 is 2.78 bits per heavy atom. The molecule has 1 fully saturated rings. The number of phenolic OH excluding ortho intramolecular Hbond substituents is 1. The van der Waals surface area contributed by atoms with E-state index >= 15 is 0 Å². The number of carbonyl (C=O) groups is 1. The van der Waals surface area contributed by atoms with Crippen molar-refractivity contribution < 1.29 is 9.90 Å². The van der Waals surface area contributed by atoms with E-state index in [4.69, 9.17) is 0 Å². The third-order valence-corrected chi connectivity index (χ3v) is 3.68. The number of nitrogens with zero attached hydrogens (tertiary/aromatic N) is 1. The molecule has 1 aliphatic heterocycles. The number of phenols is 1. The molecule has 3 rings (SSSR count). The summed E-state index contributed by atoms with van der Waals surface area (Å²) in [7, 11) is 0. The molecule has 2 aromatic rings. The van der Waals surface area contributed by atoms with Gasteiger partial charge in [0.25, 0.3) is 5.91 Å². The fraction of sp³-hybridized carbons (Fsp3) is 0.176. The second-order valence-electron chi connectivity index (χ2n) is 5.37. The van der Waals surface area contributed by atoms with Crippen LogP contribution in [0.3, 0.4) is 0 Å². The number of amides is 1. The van der Waals surface area contributed by atoms with Gasteiger partial charge in [-0.1, -0.05) is 42.5 Å². The van der Waals surface area contributed by atoms with Gasteiger partial charge in [-0.25, -0.2) is 16.3 Å². The molecule has 0 aromatic heterocycles. The molecule has 1 amide bonds. The molecule has 0 bridgehead atoms. The molecule has 0 saturated carbocycles. The molecule has 118 valence electrons. The second-order valence-corrected chi connectivity index (χ2v) is 5.37. The van der Waals surface area contributed by atoms with Gasteiger partial charge >= 0.3 is 0 Å². The Labute approximate surface area is 134 Å². The summed E-state index contributed by atoms with van der Waals surface area (Å²) in [5.41, 5.74) is 10.5. The molecule has 1 heterocycles. The van der Waals surface area contributed by atoms with E-state index in [2.05, 4.69) is 21.4 Å². The topological polar surface area (TPSA) is 85.8 Å². The first-order valence-electron chi connectivity index (χ1n) is 7.40. The minimum Gasteiger partial charge on any atom is -0.508 e. The summed E-state index contributed by atoms with van der Waals surface area (Å²) < 4.78 is 0. The quantitative estimate of drug-likeness (QED) is 0.509. The Kier molecular flexibility index (Phi) is 4.65. The number of aromatic hydroxyl groups is 1. The molecule has 23 heavy (non-hydrogen) atoms. The predicted octanol–water partition coefficient (Wildman–Crippen LogP) is 1.45. The van der Waals surface area contributed by atoms with Crippen LogP contribution in [0.15, 0.2) is 59.7 Å². The maximum absolute atomic E-state index is 12.1. The average molecular weight is 310 g/mol. The van der Waals surface area contributed by atoms with Crippen molar-refractivity contribution in [2.75, 3.05) is 0 Å². The molecular formula is C17H18N4O2. The monoisotopic (exact) mass is 310 g/mol. The van der Waals surface area contributed by atoms with Gasteiger partial charge < -0.3 is 5.11 Å². The van der Waals surface area contributed by atoms with Crippen LogP contribution in [0.5, 0.6) is 5.75 Å². The number of hydrogen-bond acceptors (Lipinski definition) is 5. The summed E-state index contributed by atoms with van der Waals surface area (Å²) in [5, 5.41) is 13.3. The van der Waals surface area contributed by atoms with Gasteiger partial charge in [-0.2, -0.15) is 5.10 Å². The van der Waals surface area contributed by atoms with E-state index in [0.717, 1.165) is 5.56 Å². The summed E-state index contributed by atoms with van der Waals surface area (Å²) >= 11 is 0. The fourth-order valence-electron chi connectivity index (χ4n) is 2.49. The van der Waals surface area contributed by atoms with Crippen LogP contribution >= 0.6 is 0 Å². The van der Waals surface area contributed by atoms with E-state index < -0.39 is 0 Å². The highest BCUT2D eigenvalue weighted by atomic mass is 16.3. The Balaban J connectivity index is 1.53. The van der Waals surface area contributed by atoms with Gasteiger partial charge in [0.05, 0.1) is 6.21 Å². The van der Waals surface area contributed by atoms with E-state index in [1.165, 1.54) is 6.21 Å². The third kappa shape index (κ3) is 3.94. The molecule has 2 aromatic carbocycles. The Morgan fingerprint density at radius 1 is 1.17 bits per heavy atom. The van der Waals surface area contributed by atoms with Gasteiger partial charge in [0.1, 0.15) is 11.8 Å². The molecule has 0 radical (unpaired) electrons. The molecule has 1 aliphatic rings. The van der Waals surface area contributed by atoms with Crippen LogP contribution in [0.4, 0.5) is 0 Å². The van der Waals surface area contributed by atoms with Gasteiger partial charge in [-0.05, 0) is 29.7 Å². The lowest BCUT2D eigenvalue weighted by atomic mass is 10.0. The average Bonchev–Trinajstić information content (AvgIpc) is 3.06. The highest BCUT2D eigenvalue weighted by Crippen LogP contribution is 2.21. The number of hydrazone groups is 1. The first-order valence-corrected chi connectivity index (χ1v) is 7.40. The fourth-order valence-corrected chi connectivity index (χ4v) is 2.49. The Morgan fingerprint density at radius 2 is 2.00 bits per heavy atom. The molecular weight excluding hydrogens is 292 g/mol. The molecule has 4 N–H and O–H groups in total. The highest BCUT2D eigenvalue weighted by Gasteiger charge is 2.29. The Hall–Kier alpha value is -2.70. The van der Waals surface area contributed by atoms with Crippen LogP contribution in [0.25, 0.3) is 0 Å². The number of rotatable bonds is 4. The third-order valence-electron chi connectivity index (χ3n) is 3.68.